The predicted molar refractivity (Wildman–Crippen MR) is 61.7 cm³/mol. The van der Waals surface area contributed by atoms with Gasteiger partial charge in [-0.1, -0.05) is 11.3 Å². The number of aromatic hydroxyl groups is 1. The van der Waals surface area contributed by atoms with Crippen LogP contribution in [0.5, 0.6) is 5.88 Å². The highest BCUT2D eigenvalue weighted by atomic mass is 32.1. The minimum atomic E-state index is -0.252. The van der Waals surface area contributed by atoms with Crippen LogP contribution in [0.25, 0.3) is 0 Å². The van der Waals surface area contributed by atoms with E-state index in [0.717, 1.165) is 11.3 Å². The number of thiazole rings is 1. The number of anilines is 1. The van der Waals surface area contributed by atoms with Crippen LogP contribution in [-0.2, 0) is 4.79 Å². The summed E-state index contributed by atoms with van der Waals surface area (Å²) in [6, 6.07) is 0. The highest BCUT2D eigenvalue weighted by Crippen LogP contribution is 2.26. The molecule has 0 radical (unpaired) electrons. The number of hydrogen-bond donors (Lipinski definition) is 3. The van der Waals surface area contributed by atoms with E-state index in [-0.39, 0.29) is 11.8 Å². The lowest BCUT2D eigenvalue weighted by atomic mass is 10.6. The van der Waals surface area contributed by atoms with Gasteiger partial charge in [0.1, 0.15) is 11.2 Å². The maximum absolute atomic E-state index is 10.8. The summed E-state index contributed by atoms with van der Waals surface area (Å²) in [6.45, 7) is 1.36. The minimum Gasteiger partial charge on any atom is -0.492 e. The van der Waals surface area contributed by atoms with Crippen molar-refractivity contribution in [2.24, 2.45) is 4.99 Å². The predicted octanol–water partition coefficient (Wildman–Crippen LogP) is 0.676. The zero-order valence-corrected chi connectivity index (χ0v) is 9.52. The van der Waals surface area contributed by atoms with Crippen LogP contribution in [0.15, 0.2) is 11.3 Å². The minimum absolute atomic E-state index is 0.193. The topological polar surface area (TPSA) is 116 Å². The Balaban J connectivity index is 2.16. The van der Waals surface area contributed by atoms with Crippen molar-refractivity contribution in [3.05, 3.63) is 11.2 Å². The van der Waals surface area contributed by atoms with E-state index in [1.54, 1.807) is 0 Å². The van der Waals surface area contributed by atoms with Crippen molar-refractivity contribution in [1.29, 1.82) is 0 Å². The molecule has 1 amide bonds. The van der Waals surface area contributed by atoms with Gasteiger partial charge in [-0.05, 0) is 0 Å². The molecule has 88 valence electrons. The summed E-state index contributed by atoms with van der Waals surface area (Å²) in [5, 5.41) is 18.4. The van der Waals surface area contributed by atoms with Gasteiger partial charge in [0.15, 0.2) is 5.13 Å². The molecule has 0 saturated carbocycles. The number of hydrogen-bond acceptors (Lipinski definition) is 7. The zero-order chi connectivity index (χ0) is 12.3. The first-order chi connectivity index (χ1) is 8.15. The first-order valence-corrected chi connectivity index (χ1v) is 5.33. The number of aliphatic imine (C=N–C) groups is 1. The number of rotatable bonds is 3. The fourth-order valence-corrected chi connectivity index (χ4v) is 1.77. The van der Waals surface area contributed by atoms with Crippen LogP contribution in [0.1, 0.15) is 11.8 Å². The largest absolute Gasteiger partial charge is 0.492 e. The fourth-order valence-electron chi connectivity index (χ4n) is 0.993. The second-order valence-electron chi connectivity index (χ2n) is 2.96. The first-order valence-electron chi connectivity index (χ1n) is 4.52. The molecule has 0 aliphatic carbocycles. The standard InChI is InChI=1S/C8H8N6O2S/c1-4(15)12-8-13-6(16)5(17-8)2-9-7-10-3-11-14-7/h2-3,16H,1H3,(H,10,11,14)(H,12,13,15)/b9-2+. The number of aromatic amines is 1. The van der Waals surface area contributed by atoms with Crippen molar-refractivity contribution >= 4 is 34.5 Å². The van der Waals surface area contributed by atoms with E-state index in [9.17, 15) is 9.90 Å². The molecular weight excluding hydrogens is 244 g/mol. The highest BCUT2D eigenvalue weighted by Gasteiger charge is 2.09. The van der Waals surface area contributed by atoms with Crippen LogP contribution in [-0.4, -0.2) is 37.4 Å². The van der Waals surface area contributed by atoms with E-state index in [1.165, 1.54) is 19.5 Å². The first kappa shape index (κ1) is 11.2. The lowest BCUT2D eigenvalue weighted by Crippen LogP contribution is -2.04. The Labute approximate surface area is 99.5 Å². The van der Waals surface area contributed by atoms with Gasteiger partial charge in [-0.25, -0.2) is 10.1 Å². The molecule has 0 atom stereocenters. The smallest absolute Gasteiger partial charge is 0.245 e. The van der Waals surface area contributed by atoms with Gasteiger partial charge >= 0.3 is 0 Å². The molecule has 9 heteroatoms. The van der Waals surface area contributed by atoms with Crippen molar-refractivity contribution in [2.45, 2.75) is 6.92 Å². The molecule has 2 aromatic heterocycles. The van der Waals surface area contributed by atoms with Crippen molar-refractivity contribution in [2.75, 3.05) is 5.32 Å². The molecule has 0 saturated heterocycles. The third kappa shape index (κ3) is 2.84. The Morgan fingerprint density at radius 1 is 1.71 bits per heavy atom. The second kappa shape index (κ2) is 4.70. The van der Waals surface area contributed by atoms with Gasteiger partial charge in [0.25, 0.3) is 0 Å². The highest BCUT2D eigenvalue weighted by molar-refractivity contribution is 7.17. The Hall–Kier alpha value is -2.29. The molecule has 0 aliphatic heterocycles. The van der Waals surface area contributed by atoms with Gasteiger partial charge in [-0.3, -0.25) is 4.79 Å². The van der Waals surface area contributed by atoms with Gasteiger partial charge in [0, 0.05) is 6.92 Å². The van der Waals surface area contributed by atoms with Crippen molar-refractivity contribution < 1.29 is 9.90 Å². The summed E-state index contributed by atoms with van der Waals surface area (Å²) < 4.78 is 0. The summed E-state index contributed by atoms with van der Waals surface area (Å²) in [4.78, 5) is 22.7. The SMILES string of the molecule is CC(=O)Nc1nc(O)c(/C=N/c2ncn[nH]2)s1. The number of aromatic nitrogens is 4. The van der Waals surface area contributed by atoms with Gasteiger partial charge in [-0.2, -0.15) is 15.1 Å². The molecule has 17 heavy (non-hydrogen) atoms. The number of H-pyrrole nitrogens is 1. The Morgan fingerprint density at radius 2 is 2.53 bits per heavy atom. The molecule has 0 aliphatic rings. The third-order valence-corrected chi connectivity index (χ3v) is 2.52. The summed E-state index contributed by atoms with van der Waals surface area (Å²) in [5.74, 6) is -0.127. The van der Waals surface area contributed by atoms with E-state index in [2.05, 4.69) is 30.5 Å². The van der Waals surface area contributed by atoms with Gasteiger partial charge in [0.2, 0.25) is 17.7 Å². The monoisotopic (exact) mass is 252 g/mol. The molecule has 0 spiro atoms. The van der Waals surface area contributed by atoms with Crippen molar-refractivity contribution in [3.63, 3.8) is 0 Å². The zero-order valence-electron chi connectivity index (χ0n) is 8.71. The van der Waals surface area contributed by atoms with Crippen molar-refractivity contribution in [1.82, 2.24) is 20.2 Å². The molecule has 2 aromatic rings. The van der Waals surface area contributed by atoms with E-state index < -0.39 is 0 Å². The van der Waals surface area contributed by atoms with E-state index in [0.29, 0.717) is 16.0 Å². The van der Waals surface area contributed by atoms with Gasteiger partial charge in [-0.15, -0.1) is 0 Å². The number of amides is 1. The van der Waals surface area contributed by atoms with Gasteiger partial charge < -0.3 is 10.4 Å². The molecule has 3 N–H and O–H groups in total. The maximum Gasteiger partial charge on any atom is 0.245 e. The quantitative estimate of drug-likeness (QED) is 0.694. The van der Waals surface area contributed by atoms with Crippen LogP contribution in [0.3, 0.4) is 0 Å². The molecule has 8 nitrogen and oxygen atoms in total. The van der Waals surface area contributed by atoms with E-state index >= 15 is 0 Å². The van der Waals surface area contributed by atoms with Gasteiger partial charge in [0.05, 0.1) is 6.21 Å². The summed E-state index contributed by atoms with van der Waals surface area (Å²) in [5.41, 5.74) is 0. The summed E-state index contributed by atoms with van der Waals surface area (Å²) >= 11 is 1.11. The van der Waals surface area contributed by atoms with Crippen LogP contribution in [0.4, 0.5) is 11.1 Å². The average molecular weight is 252 g/mol. The van der Waals surface area contributed by atoms with Crippen LogP contribution in [0, 0.1) is 0 Å². The average Bonchev–Trinajstić information content (AvgIpc) is 2.84. The second-order valence-corrected chi connectivity index (χ2v) is 3.99. The lowest BCUT2D eigenvalue weighted by molar-refractivity contribution is -0.114. The van der Waals surface area contributed by atoms with Crippen molar-refractivity contribution in [3.8, 4) is 5.88 Å². The Kier molecular flexibility index (Phi) is 3.10. The maximum atomic E-state index is 10.8. The molecule has 0 fully saturated rings. The van der Waals surface area contributed by atoms with E-state index in [4.69, 9.17) is 0 Å². The number of carbonyl (C=O) groups is 1. The number of nitrogens with one attached hydrogen (secondary N) is 2. The molecular formula is C8H8N6O2S. The van der Waals surface area contributed by atoms with Crippen LogP contribution >= 0.6 is 11.3 Å². The van der Waals surface area contributed by atoms with E-state index in [1.807, 2.05) is 0 Å². The molecule has 0 bridgehead atoms. The Morgan fingerprint density at radius 3 is 3.18 bits per heavy atom. The summed E-state index contributed by atoms with van der Waals surface area (Å²) in [7, 11) is 0. The Bertz CT molecular complexity index is 546. The molecule has 0 aromatic carbocycles. The number of carbonyl (C=O) groups excluding carboxylic acids is 1. The molecule has 2 rings (SSSR count). The van der Waals surface area contributed by atoms with Crippen LogP contribution in [0.2, 0.25) is 0 Å². The third-order valence-electron chi connectivity index (χ3n) is 1.62. The normalized spacial score (nSPS) is 10.9. The fraction of sp³-hybridized carbons (Fsp3) is 0.125. The molecule has 0 unspecified atom stereocenters. The summed E-state index contributed by atoms with van der Waals surface area (Å²) in [6.07, 6.45) is 2.71. The van der Waals surface area contributed by atoms with Crippen LogP contribution < -0.4 is 5.32 Å². The molecule has 2 heterocycles. The lowest BCUT2D eigenvalue weighted by Gasteiger charge is -1.91. The number of nitrogens with zero attached hydrogens (tertiary/aromatic N) is 4.